The number of fused-ring (bicyclic) bond motifs is 1. The van der Waals surface area contributed by atoms with Gasteiger partial charge in [-0.1, -0.05) is 25.1 Å². The minimum atomic E-state index is -0.259. The van der Waals surface area contributed by atoms with E-state index in [-0.39, 0.29) is 42.4 Å². The summed E-state index contributed by atoms with van der Waals surface area (Å²) in [6, 6.07) is 13.6. The van der Waals surface area contributed by atoms with Crippen molar-refractivity contribution in [3.63, 3.8) is 0 Å². The van der Waals surface area contributed by atoms with Crippen molar-refractivity contribution in [2.45, 2.75) is 32.9 Å². The lowest BCUT2D eigenvalue weighted by atomic mass is 10.0. The molecule has 8 heteroatoms. The Labute approximate surface area is 200 Å². The van der Waals surface area contributed by atoms with Crippen molar-refractivity contribution >= 4 is 23.4 Å². The summed E-state index contributed by atoms with van der Waals surface area (Å²) in [6.07, 6.45) is -0.240. The second kappa shape index (κ2) is 11.2. The van der Waals surface area contributed by atoms with E-state index in [2.05, 4.69) is 5.32 Å². The lowest BCUT2D eigenvalue weighted by Crippen LogP contribution is -2.48. The van der Waals surface area contributed by atoms with E-state index in [4.69, 9.17) is 9.47 Å². The van der Waals surface area contributed by atoms with Gasteiger partial charge in [0, 0.05) is 57.4 Å². The highest BCUT2D eigenvalue weighted by Gasteiger charge is 2.29. The van der Waals surface area contributed by atoms with Crippen LogP contribution < -0.4 is 10.1 Å². The minimum absolute atomic E-state index is 0.0149. The van der Waals surface area contributed by atoms with Crippen molar-refractivity contribution in [1.29, 1.82) is 0 Å². The third-order valence-corrected chi connectivity index (χ3v) is 6.15. The Morgan fingerprint density at radius 1 is 1.09 bits per heavy atom. The zero-order chi connectivity index (χ0) is 24.8. The highest BCUT2D eigenvalue weighted by Crippen LogP contribution is 2.27. The standard InChI is InChI=1S/C26H33N3O5/c1-17-14-29(19(3)30)18(2)16-34-23-13-21(27-25(31)20-9-7-6-8-10-20)11-12-22(23)26(32)28(4)15-24(17)33-5/h6-13,17-18,24H,14-16H2,1-5H3,(H,27,31)/t17-,18+,24-/m1/s1. The minimum Gasteiger partial charge on any atom is -0.491 e. The molecule has 3 atom stereocenters. The number of hydrogen-bond donors (Lipinski definition) is 1. The molecular weight excluding hydrogens is 434 g/mol. The van der Waals surface area contributed by atoms with E-state index < -0.39 is 0 Å². The van der Waals surface area contributed by atoms with E-state index in [1.54, 1.807) is 66.4 Å². The van der Waals surface area contributed by atoms with Crippen molar-refractivity contribution in [3.05, 3.63) is 59.7 Å². The molecule has 3 rings (SSSR count). The molecule has 182 valence electrons. The fourth-order valence-corrected chi connectivity index (χ4v) is 4.08. The van der Waals surface area contributed by atoms with Crippen LogP contribution in [-0.4, -0.2) is 73.5 Å². The van der Waals surface area contributed by atoms with Gasteiger partial charge in [-0.15, -0.1) is 0 Å². The zero-order valence-electron chi connectivity index (χ0n) is 20.4. The molecule has 0 unspecified atom stereocenters. The number of nitrogens with one attached hydrogen (secondary N) is 1. The van der Waals surface area contributed by atoms with Crippen LogP contribution in [0.1, 0.15) is 41.5 Å². The van der Waals surface area contributed by atoms with Gasteiger partial charge in [-0.3, -0.25) is 14.4 Å². The summed E-state index contributed by atoms with van der Waals surface area (Å²) in [6.45, 7) is 6.51. The highest BCUT2D eigenvalue weighted by atomic mass is 16.5. The highest BCUT2D eigenvalue weighted by molar-refractivity contribution is 6.05. The summed E-state index contributed by atoms with van der Waals surface area (Å²) < 4.78 is 11.7. The predicted molar refractivity (Wildman–Crippen MR) is 130 cm³/mol. The maximum atomic E-state index is 13.3. The quantitative estimate of drug-likeness (QED) is 0.748. The number of benzene rings is 2. The normalized spacial score (nSPS) is 21.6. The van der Waals surface area contributed by atoms with Crippen LogP contribution in [-0.2, 0) is 9.53 Å². The van der Waals surface area contributed by atoms with Gasteiger partial charge >= 0.3 is 0 Å². The number of methoxy groups -OCH3 is 1. The van der Waals surface area contributed by atoms with Gasteiger partial charge in [0.1, 0.15) is 12.4 Å². The molecule has 2 aromatic carbocycles. The molecule has 3 amide bonds. The van der Waals surface area contributed by atoms with Crippen molar-refractivity contribution < 1.29 is 23.9 Å². The maximum Gasteiger partial charge on any atom is 0.257 e. The van der Waals surface area contributed by atoms with Gasteiger partial charge in [-0.25, -0.2) is 0 Å². The molecule has 0 aromatic heterocycles. The van der Waals surface area contributed by atoms with Crippen LogP contribution in [0, 0.1) is 5.92 Å². The molecule has 34 heavy (non-hydrogen) atoms. The van der Waals surface area contributed by atoms with Crippen molar-refractivity contribution in [3.8, 4) is 5.75 Å². The Kier molecular flexibility index (Phi) is 8.28. The van der Waals surface area contributed by atoms with Gasteiger partial charge in [0.15, 0.2) is 0 Å². The Hall–Kier alpha value is -3.39. The number of carbonyl (C=O) groups excluding carboxylic acids is 3. The molecule has 1 heterocycles. The maximum absolute atomic E-state index is 13.3. The molecule has 0 bridgehead atoms. The van der Waals surface area contributed by atoms with E-state index >= 15 is 0 Å². The van der Waals surface area contributed by atoms with Crippen LogP contribution in [0.5, 0.6) is 5.75 Å². The van der Waals surface area contributed by atoms with Gasteiger partial charge in [-0.05, 0) is 31.2 Å². The average Bonchev–Trinajstić information content (AvgIpc) is 2.83. The smallest absolute Gasteiger partial charge is 0.257 e. The molecule has 8 nitrogen and oxygen atoms in total. The second-order valence-corrected chi connectivity index (χ2v) is 8.80. The predicted octanol–water partition coefficient (Wildman–Crippen LogP) is 3.29. The first-order valence-electron chi connectivity index (χ1n) is 11.4. The van der Waals surface area contributed by atoms with Crippen LogP contribution in [0.4, 0.5) is 5.69 Å². The van der Waals surface area contributed by atoms with Crippen LogP contribution in [0.15, 0.2) is 48.5 Å². The average molecular weight is 468 g/mol. The van der Waals surface area contributed by atoms with Gasteiger partial charge < -0.3 is 24.6 Å². The van der Waals surface area contributed by atoms with Crippen molar-refractivity contribution in [2.75, 3.05) is 39.2 Å². The molecule has 1 N–H and O–H groups in total. The third kappa shape index (κ3) is 5.94. The monoisotopic (exact) mass is 467 g/mol. The number of rotatable bonds is 3. The van der Waals surface area contributed by atoms with Crippen LogP contribution in [0.25, 0.3) is 0 Å². The van der Waals surface area contributed by atoms with E-state index in [1.807, 2.05) is 19.9 Å². The Bertz CT molecular complexity index is 1030. The molecule has 2 aromatic rings. The fourth-order valence-electron chi connectivity index (χ4n) is 4.08. The molecule has 0 saturated carbocycles. The van der Waals surface area contributed by atoms with Crippen LogP contribution in [0.3, 0.4) is 0 Å². The molecule has 1 aliphatic rings. The molecule has 0 saturated heterocycles. The molecule has 0 aliphatic carbocycles. The van der Waals surface area contributed by atoms with Crippen molar-refractivity contribution in [2.24, 2.45) is 5.92 Å². The first-order chi connectivity index (χ1) is 16.2. The number of carbonyl (C=O) groups is 3. The summed E-state index contributed by atoms with van der Waals surface area (Å²) in [4.78, 5) is 41.6. The molecular formula is C26H33N3O5. The number of anilines is 1. The lowest BCUT2D eigenvalue weighted by Gasteiger charge is -2.35. The summed E-state index contributed by atoms with van der Waals surface area (Å²) in [5.74, 6) is -0.155. The Balaban J connectivity index is 1.93. The summed E-state index contributed by atoms with van der Waals surface area (Å²) >= 11 is 0. The first kappa shape index (κ1) is 25.2. The summed E-state index contributed by atoms with van der Waals surface area (Å²) in [5.41, 5.74) is 1.41. The third-order valence-electron chi connectivity index (χ3n) is 6.15. The van der Waals surface area contributed by atoms with E-state index in [9.17, 15) is 14.4 Å². The van der Waals surface area contributed by atoms with Crippen molar-refractivity contribution in [1.82, 2.24) is 9.80 Å². The molecule has 0 spiro atoms. The zero-order valence-corrected chi connectivity index (χ0v) is 20.4. The van der Waals surface area contributed by atoms with Gasteiger partial charge in [0.2, 0.25) is 5.91 Å². The number of hydrogen-bond acceptors (Lipinski definition) is 5. The first-order valence-corrected chi connectivity index (χ1v) is 11.4. The summed E-state index contributed by atoms with van der Waals surface area (Å²) in [5, 5.41) is 2.85. The fraction of sp³-hybridized carbons (Fsp3) is 0.423. The lowest BCUT2D eigenvalue weighted by molar-refractivity contribution is -0.133. The topological polar surface area (TPSA) is 88.2 Å². The number of nitrogens with zero attached hydrogens (tertiary/aromatic N) is 2. The SMILES string of the molecule is CO[C@@H]1CN(C)C(=O)c2ccc(NC(=O)c3ccccc3)cc2OC[C@H](C)N(C(C)=O)C[C@H]1C. The number of ether oxygens (including phenoxy) is 2. The van der Waals surface area contributed by atoms with Gasteiger partial charge in [0.05, 0.1) is 17.7 Å². The largest absolute Gasteiger partial charge is 0.491 e. The van der Waals surface area contributed by atoms with Gasteiger partial charge in [-0.2, -0.15) is 0 Å². The summed E-state index contributed by atoms with van der Waals surface area (Å²) in [7, 11) is 3.33. The Morgan fingerprint density at radius 2 is 1.79 bits per heavy atom. The van der Waals surface area contributed by atoms with Gasteiger partial charge in [0.25, 0.3) is 11.8 Å². The second-order valence-electron chi connectivity index (χ2n) is 8.80. The molecule has 1 aliphatic heterocycles. The van der Waals surface area contributed by atoms with E-state index in [1.165, 1.54) is 6.92 Å². The van der Waals surface area contributed by atoms with Crippen LogP contribution >= 0.6 is 0 Å². The molecule has 0 radical (unpaired) electrons. The Morgan fingerprint density at radius 3 is 2.44 bits per heavy atom. The van der Waals surface area contributed by atoms with E-state index in [0.717, 1.165) is 0 Å². The number of amides is 3. The van der Waals surface area contributed by atoms with Crippen LogP contribution in [0.2, 0.25) is 0 Å². The number of likely N-dealkylation sites (N-methyl/N-ethyl adjacent to an activating group) is 1. The molecule has 0 fully saturated rings. The van der Waals surface area contributed by atoms with E-state index in [0.29, 0.717) is 35.7 Å².